The minimum atomic E-state index is -0.108. The molecule has 1 heterocycles. The van der Waals surface area contributed by atoms with E-state index in [-0.39, 0.29) is 5.91 Å². The van der Waals surface area contributed by atoms with Gasteiger partial charge in [-0.05, 0) is 42.0 Å². The molecule has 0 saturated carbocycles. The maximum absolute atomic E-state index is 11.1. The summed E-state index contributed by atoms with van der Waals surface area (Å²) in [5.74, 6) is 1.69. The van der Waals surface area contributed by atoms with Crippen LogP contribution in [-0.4, -0.2) is 28.2 Å². The Morgan fingerprint density at radius 3 is 2.41 bits per heavy atom. The van der Waals surface area contributed by atoms with Crippen molar-refractivity contribution in [3.8, 4) is 5.75 Å². The van der Waals surface area contributed by atoms with Crippen LogP contribution in [0, 0.1) is 0 Å². The summed E-state index contributed by atoms with van der Waals surface area (Å²) in [6.07, 6.45) is 1.54. The second kappa shape index (κ2) is 8.61. The quantitative estimate of drug-likeness (QED) is 0.592. The number of carbonyl (C=O) groups is 1. The molecule has 0 bridgehead atoms. The van der Waals surface area contributed by atoms with Crippen molar-refractivity contribution in [2.75, 3.05) is 23.1 Å². The Kier molecular flexibility index (Phi) is 5.78. The minimum Gasteiger partial charge on any atom is -0.497 e. The van der Waals surface area contributed by atoms with Crippen LogP contribution in [-0.2, 0) is 11.3 Å². The Labute approximate surface area is 157 Å². The van der Waals surface area contributed by atoms with Gasteiger partial charge in [-0.1, -0.05) is 12.1 Å². The van der Waals surface area contributed by atoms with E-state index < -0.39 is 0 Å². The molecule has 0 spiro atoms. The fourth-order valence-corrected chi connectivity index (χ4v) is 2.35. The van der Waals surface area contributed by atoms with Crippen LogP contribution in [0.3, 0.4) is 0 Å². The second-order valence-corrected chi connectivity index (χ2v) is 5.75. The van der Waals surface area contributed by atoms with Gasteiger partial charge in [0.05, 0.1) is 13.3 Å². The summed E-state index contributed by atoms with van der Waals surface area (Å²) in [6.45, 7) is 2.04. The third-order valence-corrected chi connectivity index (χ3v) is 3.65. The van der Waals surface area contributed by atoms with E-state index in [1.807, 2.05) is 36.4 Å². The molecule has 0 atom stereocenters. The van der Waals surface area contributed by atoms with Crippen LogP contribution in [0.5, 0.6) is 5.75 Å². The van der Waals surface area contributed by atoms with Gasteiger partial charge in [-0.25, -0.2) is 0 Å². The lowest BCUT2D eigenvalue weighted by atomic mass is 10.2. The number of rotatable bonds is 7. The Bertz CT molecular complexity index is 897. The van der Waals surface area contributed by atoms with Crippen molar-refractivity contribution in [2.24, 2.45) is 0 Å². The van der Waals surface area contributed by atoms with E-state index in [0.717, 1.165) is 22.7 Å². The Balaban J connectivity index is 1.60. The SMILES string of the molecule is COc1ccc(CNc2nncc(Nc3ccc(NC(C)=O)cc3)n2)cc1. The standard InChI is InChI=1S/C19H20N6O2/c1-13(26)22-15-5-7-16(8-6-15)23-18-12-21-25-19(24-18)20-11-14-3-9-17(27-2)10-4-14/h3-10,12H,11H2,1-2H3,(H,22,26)(H2,20,23,24,25). The van der Waals surface area contributed by atoms with Crippen LogP contribution in [0.4, 0.5) is 23.1 Å². The molecule has 0 aliphatic rings. The van der Waals surface area contributed by atoms with E-state index in [0.29, 0.717) is 18.3 Å². The van der Waals surface area contributed by atoms with Gasteiger partial charge in [-0.15, -0.1) is 5.10 Å². The van der Waals surface area contributed by atoms with Gasteiger partial charge >= 0.3 is 0 Å². The molecular weight excluding hydrogens is 344 g/mol. The van der Waals surface area contributed by atoms with Crippen molar-refractivity contribution in [1.82, 2.24) is 15.2 Å². The first-order valence-electron chi connectivity index (χ1n) is 8.33. The summed E-state index contributed by atoms with van der Waals surface area (Å²) in [5, 5.41) is 17.0. The maximum Gasteiger partial charge on any atom is 0.244 e. The number of benzene rings is 2. The average molecular weight is 364 g/mol. The van der Waals surface area contributed by atoms with Gasteiger partial charge in [-0.2, -0.15) is 10.1 Å². The van der Waals surface area contributed by atoms with Crippen LogP contribution in [0.15, 0.2) is 54.7 Å². The highest BCUT2D eigenvalue weighted by Gasteiger charge is 2.03. The third kappa shape index (κ3) is 5.40. The molecular formula is C19H20N6O2. The first kappa shape index (κ1) is 18.1. The number of nitrogens with zero attached hydrogens (tertiary/aromatic N) is 3. The fraction of sp³-hybridized carbons (Fsp3) is 0.158. The number of methoxy groups -OCH3 is 1. The van der Waals surface area contributed by atoms with E-state index >= 15 is 0 Å². The zero-order valence-electron chi connectivity index (χ0n) is 15.1. The Hall–Kier alpha value is -3.68. The molecule has 0 radical (unpaired) electrons. The summed E-state index contributed by atoms with van der Waals surface area (Å²) in [4.78, 5) is 15.5. The average Bonchev–Trinajstić information content (AvgIpc) is 2.68. The molecule has 138 valence electrons. The third-order valence-electron chi connectivity index (χ3n) is 3.65. The molecule has 0 fully saturated rings. The lowest BCUT2D eigenvalue weighted by Gasteiger charge is -2.09. The van der Waals surface area contributed by atoms with Gasteiger partial charge < -0.3 is 20.7 Å². The van der Waals surface area contributed by atoms with Gasteiger partial charge in [0.1, 0.15) is 5.75 Å². The molecule has 1 amide bonds. The summed E-state index contributed by atoms with van der Waals surface area (Å²) in [6, 6.07) is 15.0. The number of amides is 1. The van der Waals surface area contributed by atoms with Crippen molar-refractivity contribution in [2.45, 2.75) is 13.5 Å². The second-order valence-electron chi connectivity index (χ2n) is 5.75. The highest BCUT2D eigenvalue weighted by molar-refractivity contribution is 5.88. The fourth-order valence-electron chi connectivity index (χ4n) is 2.35. The number of carbonyl (C=O) groups excluding carboxylic acids is 1. The van der Waals surface area contributed by atoms with Crippen molar-refractivity contribution < 1.29 is 9.53 Å². The Morgan fingerprint density at radius 1 is 1.04 bits per heavy atom. The van der Waals surface area contributed by atoms with Gasteiger partial charge in [0.25, 0.3) is 0 Å². The zero-order valence-corrected chi connectivity index (χ0v) is 15.1. The number of nitrogens with one attached hydrogen (secondary N) is 3. The number of hydrogen-bond acceptors (Lipinski definition) is 7. The summed E-state index contributed by atoms with van der Waals surface area (Å²) in [5.41, 5.74) is 2.63. The number of anilines is 4. The molecule has 8 nitrogen and oxygen atoms in total. The Morgan fingerprint density at radius 2 is 1.74 bits per heavy atom. The zero-order chi connectivity index (χ0) is 19.1. The predicted molar refractivity (Wildman–Crippen MR) is 104 cm³/mol. The van der Waals surface area contributed by atoms with Gasteiger partial charge in [0.15, 0.2) is 5.82 Å². The first-order valence-corrected chi connectivity index (χ1v) is 8.33. The lowest BCUT2D eigenvalue weighted by Crippen LogP contribution is -2.07. The molecule has 0 saturated heterocycles. The molecule has 3 rings (SSSR count). The molecule has 0 aliphatic heterocycles. The van der Waals surface area contributed by atoms with Crippen molar-refractivity contribution >= 4 is 29.0 Å². The van der Waals surface area contributed by atoms with E-state index in [4.69, 9.17) is 4.74 Å². The topological polar surface area (TPSA) is 101 Å². The van der Waals surface area contributed by atoms with E-state index in [1.165, 1.54) is 6.92 Å². The number of ether oxygens (including phenoxy) is 1. The van der Waals surface area contributed by atoms with Crippen LogP contribution in [0.25, 0.3) is 0 Å². The summed E-state index contributed by atoms with van der Waals surface area (Å²) in [7, 11) is 1.64. The molecule has 3 aromatic rings. The van der Waals surface area contributed by atoms with Crippen molar-refractivity contribution in [3.05, 3.63) is 60.3 Å². The van der Waals surface area contributed by atoms with Gasteiger partial charge in [0.2, 0.25) is 11.9 Å². The number of hydrogen-bond donors (Lipinski definition) is 3. The van der Waals surface area contributed by atoms with Crippen LogP contribution in [0.2, 0.25) is 0 Å². The molecule has 2 aromatic carbocycles. The van der Waals surface area contributed by atoms with Gasteiger partial charge in [0, 0.05) is 24.8 Å². The molecule has 3 N–H and O–H groups in total. The summed E-state index contributed by atoms with van der Waals surface area (Å²) >= 11 is 0. The normalized spacial score (nSPS) is 10.1. The van der Waals surface area contributed by atoms with Gasteiger partial charge in [-0.3, -0.25) is 4.79 Å². The van der Waals surface area contributed by atoms with E-state index in [1.54, 1.807) is 25.4 Å². The molecule has 8 heteroatoms. The highest BCUT2D eigenvalue weighted by Crippen LogP contribution is 2.18. The van der Waals surface area contributed by atoms with Crippen molar-refractivity contribution in [3.63, 3.8) is 0 Å². The smallest absolute Gasteiger partial charge is 0.244 e. The van der Waals surface area contributed by atoms with Crippen LogP contribution >= 0.6 is 0 Å². The predicted octanol–water partition coefficient (Wildman–Crippen LogP) is 3.19. The molecule has 1 aromatic heterocycles. The van der Waals surface area contributed by atoms with E-state index in [9.17, 15) is 4.79 Å². The summed E-state index contributed by atoms with van der Waals surface area (Å²) < 4.78 is 5.15. The highest BCUT2D eigenvalue weighted by atomic mass is 16.5. The molecule has 0 unspecified atom stereocenters. The molecule has 0 aliphatic carbocycles. The molecule has 27 heavy (non-hydrogen) atoms. The monoisotopic (exact) mass is 364 g/mol. The minimum absolute atomic E-state index is 0.108. The lowest BCUT2D eigenvalue weighted by molar-refractivity contribution is -0.114. The van der Waals surface area contributed by atoms with Crippen LogP contribution < -0.4 is 20.7 Å². The largest absolute Gasteiger partial charge is 0.497 e. The maximum atomic E-state index is 11.1. The van der Waals surface area contributed by atoms with Crippen molar-refractivity contribution in [1.29, 1.82) is 0 Å². The van der Waals surface area contributed by atoms with E-state index in [2.05, 4.69) is 31.1 Å². The van der Waals surface area contributed by atoms with Crippen LogP contribution in [0.1, 0.15) is 12.5 Å². The number of aromatic nitrogens is 3. The first-order chi connectivity index (χ1) is 13.1.